The van der Waals surface area contributed by atoms with Crippen molar-refractivity contribution in [3.8, 4) is 5.75 Å². The molecule has 152 valence electrons. The van der Waals surface area contributed by atoms with Crippen molar-refractivity contribution in [2.24, 2.45) is 17.6 Å². The summed E-state index contributed by atoms with van der Waals surface area (Å²) >= 11 is 0. The van der Waals surface area contributed by atoms with E-state index in [0.29, 0.717) is 17.9 Å². The summed E-state index contributed by atoms with van der Waals surface area (Å²) in [6.07, 6.45) is 6.79. The Morgan fingerprint density at radius 2 is 2.04 bits per heavy atom. The Labute approximate surface area is 162 Å². The second-order valence-electron chi connectivity index (χ2n) is 8.31. The maximum Gasteiger partial charge on any atom is 0.339 e. The van der Waals surface area contributed by atoms with Crippen LogP contribution < -0.4 is 10.5 Å². The van der Waals surface area contributed by atoms with E-state index in [0.717, 1.165) is 18.8 Å². The monoisotopic (exact) mass is 378 g/mol. The van der Waals surface area contributed by atoms with Crippen LogP contribution in [0.3, 0.4) is 0 Å². The molecule has 1 saturated carbocycles. The molecule has 0 radical (unpaired) electrons. The standard InChI is InChI=1S/C21H34N2O4/c1-14(2)11-19(22)21(25,20(24)26-4)13-16-12-18(9-10-23-16)27-17-7-5-15(3)6-8-17/h9-10,12,14-15,17,19,25H,5-8,11,13,22H2,1-4H3/t15?,17?,19-,21+/m0/s1. The number of nitrogens with two attached hydrogens (primary N) is 1. The second kappa shape index (κ2) is 9.51. The van der Waals surface area contributed by atoms with Gasteiger partial charge in [0.1, 0.15) is 5.75 Å². The molecule has 0 spiro atoms. The molecule has 0 unspecified atom stereocenters. The maximum absolute atomic E-state index is 12.3. The summed E-state index contributed by atoms with van der Waals surface area (Å²) in [6.45, 7) is 6.26. The average Bonchev–Trinajstić information content (AvgIpc) is 2.62. The fraction of sp³-hybridized carbons (Fsp3) is 0.714. The van der Waals surface area contributed by atoms with Gasteiger partial charge in [0.25, 0.3) is 0 Å². The van der Waals surface area contributed by atoms with Gasteiger partial charge in [-0.25, -0.2) is 4.79 Å². The van der Waals surface area contributed by atoms with E-state index in [2.05, 4.69) is 11.9 Å². The summed E-state index contributed by atoms with van der Waals surface area (Å²) in [5.74, 6) is 0.983. The van der Waals surface area contributed by atoms with Gasteiger partial charge >= 0.3 is 5.97 Å². The quantitative estimate of drug-likeness (QED) is 0.676. The van der Waals surface area contributed by atoms with Crippen LogP contribution in [0.15, 0.2) is 18.3 Å². The van der Waals surface area contributed by atoms with E-state index in [1.165, 1.54) is 20.0 Å². The molecular formula is C21H34N2O4. The molecule has 1 aromatic heterocycles. The van der Waals surface area contributed by atoms with Crippen LogP contribution in [-0.4, -0.2) is 40.9 Å². The van der Waals surface area contributed by atoms with E-state index in [1.807, 2.05) is 19.9 Å². The molecule has 6 heteroatoms. The number of esters is 1. The molecule has 0 amide bonds. The lowest BCUT2D eigenvalue weighted by Crippen LogP contribution is -2.56. The third-order valence-corrected chi connectivity index (χ3v) is 5.38. The second-order valence-corrected chi connectivity index (χ2v) is 8.31. The molecule has 3 N–H and O–H groups in total. The van der Waals surface area contributed by atoms with E-state index in [9.17, 15) is 9.90 Å². The fourth-order valence-corrected chi connectivity index (χ4v) is 3.68. The van der Waals surface area contributed by atoms with Crippen LogP contribution in [0.25, 0.3) is 0 Å². The lowest BCUT2D eigenvalue weighted by Gasteiger charge is -2.32. The molecule has 27 heavy (non-hydrogen) atoms. The largest absolute Gasteiger partial charge is 0.490 e. The summed E-state index contributed by atoms with van der Waals surface area (Å²) in [7, 11) is 1.26. The zero-order chi connectivity index (χ0) is 20.0. The number of pyridine rings is 1. The van der Waals surface area contributed by atoms with Crippen molar-refractivity contribution >= 4 is 5.97 Å². The molecule has 1 aliphatic rings. The smallest absolute Gasteiger partial charge is 0.339 e. The number of aliphatic hydroxyl groups is 1. The summed E-state index contributed by atoms with van der Waals surface area (Å²) in [6, 6.07) is 2.86. The first-order valence-corrected chi connectivity index (χ1v) is 9.92. The highest BCUT2D eigenvalue weighted by molar-refractivity contribution is 5.80. The van der Waals surface area contributed by atoms with E-state index < -0.39 is 17.6 Å². The molecule has 2 atom stereocenters. The van der Waals surface area contributed by atoms with E-state index in [-0.39, 0.29) is 18.4 Å². The van der Waals surface area contributed by atoms with Gasteiger partial charge in [0, 0.05) is 30.4 Å². The highest BCUT2D eigenvalue weighted by atomic mass is 16.5. The summed E-state index contributed by atoms with van der Waals surface area (Å²) in [5, 5.41) is 11.0. The fourth-order valence-electron chi connectivity index (χ4n) is 3.68. The Balaban J connectivity index is 2.12. The van der Waals surface area contributed by atoms with E-state index in [1.54, 1.807) is 12.3 Å². The number of hydrogen-bond acceptors (Lipinski definition) is 6. The molecule has 1 fully saturated rings. The van der Waals surface area contributed by atoms with Crippen LogP contribution in [0.2, 0.25) is 0 Å². The van der Waals surface area contributed by atoms with Gasteiger partial charge in [0.2, 0.25) is 0 Å². The Hall–Kier alpha value is -1.66. The molecule has 0 bridgehead atoms. The molecule has 2 rings (SSSR count). The van der Waals surface area contributed by atoms with Gasteiger partial charge in [-0.15, -0.1) is 0 Å². The molecule has 1 heterocycles. The number of methoxy groups -OCH3 is 1. The van der Waals surface area contributed by atoms with Gasteiger partial charge in [-0.2, -0.15) is 0 Å². The number of hydrogen-bond donors (Lipinski definition) is 2. The van der Waals surface area contributed by atoms with Crippen LogP contribution in [0.5, 0.6) is 5.75 Å². The van der Waals surface area contributed by atoms with Crippen molar-refractivity contribution in [1.82, 2.24) is 4.98 Å². The van der Waals surface area contributed by atoms with Crippen molar-refractivity contribution in [2.75, 3.05) is 7.11 Å². The van der Waals surface area contributed by atoms with Crippen molar-refractivity contribution in [2.45, 2.75) is 77.0 Å². The Kier molecular flexibility index (Phi) is 7.62. The van der Waals surface area contributed by atoms with E-state index >= 15 is 0 Å². The van der Waals surface area contributed by atoms with Crippen LogP contribution in [0.4, 0.5) is 0 Å². The normalized spacial score (nSPS) is 23.5. The van der Waals surface area contributed by atoms with Crippen LogP contribution in [0.1, 0.15) is 58.6 Å². The predicted molar refractivity (Wildman–Crippen MR) is 104 cm³/mol. The van der Waals surface area contributed by atoms with Gasteiger partial charge in [-0.3, -0.25) is 4.98 Å². The average molecular weight is 379 g/mol. The van der Waals surface area contributed by atoms with Gasteiger partial charge < -0.3 is 20.3 Å². The number of nitrogens with zero attached hydrogens (tertiary/aromatic N) is 1. The van der Waals surface area contributed by atoms with Gasteiger partial charge in [0.05, 0.1) is 13.2 Å². The molecular weight excluding hydrogens is 344 g/mol. The van der Waals surface area contributed by atoms with Crippen molar-refractivity contribution in [3.05, 3.63) is 24.0 Å². The predicted octanol–water partition coefficient (Wildman–Crippen LogP) is 2.86. The Morgan fingerprint density at radius 1 is 1.37 bits per heavy atom. The number of aromatic nitrogens is 1. The Bertz CT molecular complexity index is 614. The molecule has 6 nitrogen and oxygen atoms in total. The first-order chi connectivity index (χ1) is 12.7. The van der Waals surface area contributed by atoms with Crippen molar-refractivity contribution in [3.63, 3.8) is 0 Å². The van der Waals surface area contributed by atoms with Gasteiger partial charge in [-0.05, 0) is 50.0 Å². The Morgan fingerprint density at radius 3 is 2.63 bits per heavy atom. The zero-order valence-electron chi connectivity index (χ0n) is 17.0. The molecule has 0 saturated heterocycles. The summed E-state index contributed by atoms with van der Waals surface area (Å²) in [5.41, 5.74) is 4.91. The minimum Gasteiger partial charge on any atom is -0.490 e. The first kappa shape index (κ1) is 21.6. The van der Waals surface area contributed by atoms with Crippen molar-refractivity contribution in [1.29, 1.82) is 0 Å². The first-order valence-electron chi connectivity index (χ1n) is 9.92. The van der Waals surface area contributed by atoms with Crippen molar-refractivity contribution < 1.29 is 19.4 Å². The third kappa shape index (κ3) is 5.91. The maximum atomic E-state index is 12.3. The SMILES string of the molecule is COC(=O)[C@@](O)(Cc1cc(OC2CCC(C)CC2)ccn1)[C@@H](N)CC(C)C. The molecule has 1 aliphatic carbocycles. The zero-order valence-corrected chi connectivity index (χ0v) is 17.0. The number of carbonyl (C=O) groups is 1. The van der Waals surface area contributed by atoms with Crippen LogP contribution >= 0.6 is 0 Å². The lowest BCUT2D eigenvalue weighted by molar-refractivity contribution is -0.165. The summed E-state index contributed by atoms with van der Waals surface area (Å²) in [4.78, 5) is 16.6. The minimum absolute atomic E-state index is 0.00748. The van der Waals surface area contributed by atoms with Crippen LogP contribution in [-0.2, 0) is 16.0 Å². The highest BCUT2D eigenvalue weighted by Gasteiger charge is 2.44. The molecule has 0 aliphatic heterocycles. The molecule has 1 aromatic rings. The number of rotatable bonds is 8. The van der Waals surface area contributed by atoms with E-state index in [4.69, 9.17) is 15.2 Å². The number of ether oxygens (including phenoxy) is 2. The minimum atomic E-state index is -1.81. The van der Waals surface area contributed by atoms with Crippen LogP contribution in [0, 0.1) is 11.8 Å². The lowest BCUT2D eigenvalue weighted by atomic mass is 9.84. The molecule has 0 aromatic carbocycles. The van der Waals surface area contributed by atoms with Gasteiger partial charge in [0.15, 0.2) is 5.60 Å². The van der Waals surface area contributed by atoms with Gasteiger partial charge in [-0.1, -0.05) is 20.8 Å². The highest BCUT2D eigenvalue weighted by Crippen LogP contribution is 2.28. The number of carbonyl (C=O) groups excluding carboxylic acids is 1. The topological polar surface area (TPSA) is 94.7 Å². The summed E-state index contributed by atoms with van der Waals surface area (Å²) < 4.78 is 10.9. The third-order valence-electron chi connectivity index (χ3n) is 5.38.